The number of imidazole rings is 1. The molecule has 3 atom stereocenters. The van der Waals surface area contributed by atoms with Crippen LogP contribution in [0.15, 0.2) is 12.5 Å². The van der Waals surface area contributed by atoms with Crippen molar-refractivity contribution in [2.24, 2.45) is 5.73 Å². The number of aliphatic hydroxyl groups excluding tert-OH is 1. The summed E-state index contributed by atoms with van der Waals surface area (Å²) in [5, 5.41) is 9.26. The minimum absolute atomic E-state index is 0.0226. The first-order chi connectivity index (χ1) is 9.20. The molecule has 5 nitrogen and oxygen atoms in total. The second kappa shape index (κ2) is 5.23. The van der Waals surface area contributed by atoms with Gasteiger partial charge >= 0.3 is 0 Å². The summed E-state index contributed by atoms with van der Waals surface area (Å²) in [5.41, 5.74) is 6.94. The van der Waals surface area contributed by atoms with Crippen molar-refractivity contribution in [2.45, 2.75) is 56.3 Å². The second-order valence-electron chi connectivity index (χ2n) is 6.04. The molecular formula is C14H24N4O. The highest BCUT2D eigenvalue weighted by Crippen LogP contribution is 2.38. The molecule has 1 aromatic heterocycles. The average molecular weight is 264 g/mol. The average Bonchev–Trinajstić information content (AvgIpc) is 2.86. The van der Waals surface area contributed by atoms with E-state index in [0.29, 0.717) is 18.1 Å². The molecule has 2 bridgehead atoms. The molecule has 0 saturated carbocycles. The van der Waals surface area contributed by atoms with E-state index in [2.05, 4.69) is 21.5 Å². The van der Waals surface area contributed by atoms with Crippen LogP contribution in [-0.4, -0.2) is 45.3 Å². The molecule has 0 spiro atoms. The van der Waals surface area contributed by atoms with Crippen molar-refractivity contribution in [3.8, 4) is 0 Å². The van der Waals surface area contributed by atoms with Crippen LogP contribution in [0.3, 0.4) is 0 Å². The van der Waals surface area contributed by atoms with Crippen molar-refractivity contribution in [1.29, 1.82) is 0 Å². The Morgan fingerprint density at radius 3 is 2.68 bits per heavy atom. The molecule has 2 saturated heterocycles. The number of hydrogen-bond donors (Lipinski definition) is 2. The van der Waals surface area contributed by atoms with Crippen molar-refractivity contribution < 1.29 is 5.11 Å². The van der Waals surface area contributed by atoms with Crippen LogP contribution in [0, 0.1) is 0 Å². The number of nitrogens with zero attached hydrogens (tertiary/aromatic N) is 3. The lowest BCUT2D eigenvalue weighted by Crippen LogP contribution is -2.50. The third-order valence-electron chi connectivity index (χ3n) is 4.98. The molecule has 3 rings (SSSR count). The van der Waals surface area contributed by atoms with Crippen LogP contribution in [0.1, 0.15) is 49.9 Å². The fraction of sp³-hybridized carbons (Fsp3) is 0.786. The van der Waals surface area contributed by atoms with E-state index in [1.165, 1.54) is 32.1 Å². The molecule has 5 heteroatoms. The Morgan fingerprint density at radius 2 is 2.05 bits per heavy atom. The molecule has 2 fully saturated rings. The summed E-state index contributed by atoms with van der Waals surface area (Å²) in [6, 6.07) is 1.56. The highest BCUT2D eigenvalue weighted by Gasteiger charge is 2.37. The summed E-state index contributed by atoms with van der Waals surface area (Å²) >= 11 is 0. The molecular weight excluding hydrogens is 240 g/mol. The lowest BCUT2D eigenvalue weighted by molar-refractivity contribution is 0.0389. The van der Waals surface area contributed by atoms with Gasteiger partial charge < -0.3 is 20.3 Å². The molecule has 3 heterocycles. The molecule has 1 aromatic rings. The van der Waals surface area contributed by atoms with Crippen molar-refractivity contribution in [3.63, 3.8) is 0 Å². The SMILES string of the molecule is CN1C2CCCC1CC(n1cncc1C(N)CO)C2. The topological polar surface area (TPSA) is 67.3 Å². The molecule has 19 heavy (non-hydrogen) atoms. The molecule has 0 aromatic carbocycles. The lowest BCUT2D eigenvalue weighted by Gasteiger charge is -2.47. The number of piperidine rings is 2. The number of hydrogen-bond acceptors (Lipinski definition) is 4. The molecule has 106 valence electrons. The number of aliphatic hydroxyl groups is 1. The van der Waals surface area contributed by atoms with Crippen LogP contribution in [0.5, 0.6) is 0 Å². The molecule has 2 aliphatic heterocycles. The van der Waals surface area contributed by atoms with Crippen molar-refractivity contribution in [3.05, 3.63) is 18.2 Å². The normalized spacial score (nSPS) is 33.3. The smallest absolute Gasteiger partial charge is 0.0951 e. The van der Waals surface area contributed by atoms with Crippen molar-refractivity contribution in [2.75, 3.05) is 13.7 Å². The molecule has 2 aliphatic rings. The molecule has 0 amide bonds. The van der Waals surface area contributed by atoms with Crippen LogP contribution in [0.2, 0.25) is 0 Å². The van der Waals surface area contributed by atoms with Gasteiger partial charge in [0.15, 0.2) is 0 Å². The Labute approximate surface area is 114 Å². The predicted octanol–water partition coefficient (Wildman–Crippen LogP) is 1.06. The van der Waals surface area contributed by atoms with Crippen molar-refractivity contribution >= 4 is 0 Å². The summed E-state index contributed by atoms with van der Waals surface area (Å²) < 4.78 is 2.21. The fourth-order valence-corrected chi connectivity index (χ4v) is 3.81. The highest BCUT2D eigenvalue weighted by molar-refractivity contribution is 5.08. The maximum Gasteiger partial charge on any atom is 0.0951 e. The van der Waals surface area contributed by atoms with Gasteiger partial charge in [0.2, 0.25) is 0 Å². The van der Waals surface area contributed by atoms with E-state index >= 15 is 0 Å². The summed E-state index contributed by atoms with van der Waals surface area (Å²) in [5.74, 6) is 0. The molecule has 0 radical (unpaired) electrons. The molecule has 3 unspecified atom stereocenters. The van der Waals surface area contributed by atoms with Crippen LogP contribution in [-0.2, 0) is 0 Å². The summed E-state index contributed by atoms with van der Waals surface area (Å²) in [4.78, 5) is 6.80. The van der Waals surface area contributed by atoms with E-state index in [1.807, 2.05) is 6.33 Å². The van der Waals surface area contributed by atoms with Gasteiger partial charge in [0, 0.05) is 24.3 Å². The van der Waals surface area contributed by atoms with E-state index in [9.17, 15) is 5.11 Å². The monoisotopic (exact) mass is 264 g/mol. The largest absolute Gasteiger partial charge is 0.394 e. The summed E-state index contributed by atoms with van der Waals surface area (Å²) in [7, 11) is 2.26. The number of aromatic nitrogens is 2. The van der Waals surface area contributed by atoms with Crippen LogP contribution in [0.25, 0.3) is 0 Å². The Bertz CT molecular complexity index is 419. The first-order valence-corrected chi connectivity index (χ1v) is 7.30. The zero-order valence-electron chi connectivity index (χ0n) is 11.6. The van der Waals surface area contributed by atoms with Gasteiger partial charge in [-0.3, -0.25) is 0 Å². The van der Waals surface area contributed by atoms with Gasteiger partial charge in [0.1, 0.15) is 0 Å². The van der Waals surface area contributed by atoms with Crippen LogP contribution < -0.4 is 5.73 Å². The Hall–Kier alpha value is -0.910. The lowest BCUT2D eigenvalue weighted by atomic mass is 9.82. The van der Waals surface area contributed by atoms with Gasteiger partial charge in [-0.05, 0) is 32.7 Å². The predicted molar refractivity (Wildman–Crippen MR) is 73.7 cm³/mol. The Morgan fingerprint density at radius 1 is 1.37 bits per heavy atom. The van der Waals surface area contributed by atoms with Gasteiger partial charge in [-0.1, -0.05) is 6.42 Å². The van der Waals surface area contributed by atoms with E-state index in [0.717, 1.165) is 5.69 Å². The molecule has 3 N–H and O–H groups in total. The quantitative estimate of drug-likeness (QED) is 0.857. The zero-order chi connectivity index (χ0) is 13.4. The van der Waals surface area contributed by atoms with Gasteiger partial charge in [-0.2, -0.15) is 0 Å². The Kier molecular flexibility index (Phi) is 3.60. The van der Waals surface area contributed by atoms with Gasteiger partial charge in [0.05, 0.1) is 24.7 Å². The number of rotatable bonds is 3. The highest BCUT2D eigenvalue weighted by atomic mass is 16.3. The van der Waals surface area contributed by atoms with E-state index < -0.39 is 0 Å². The fourth-order valence-electron chi connectivity index (χ4n) is 3.81. The summed E-state index contributed by atoms with van der Waals surface area (Å²) in [6.07, 6.45) is 10.0. The van der Waals surface area contributed by atoms with Crippen molar-refractivity contribution in [1.82, 2.24) is 14.5 Å². The standard InChI is InChI=1S/C14H24N4O/c1-17-10-3-2-4-11(17)6-12(5-10)18-9-16-7-14(18)13(15)8-19/h7,9-13,19H,2-6,8,15H2,1H3. The number of fused-ring (bicyclic) bond motifs is 2. The maximum atomic E-state index is 9.26. The number of nitrogens with two attached hydrogens (primary N) is 1. The van der Waals surface area contributed by atoms with Crippen LogP contribution in [0.4, 0.5) is 0 Å². The third kappa shape index (κ3) is 2.30. The van der Waals surface area contributed by atoms with E-state index in [-0.39, 0.29) is 12.6 Å². The van der Waals surface area contributed by atoms with Crippen LogP contribution >= 0.6 is 0 Å². The summed E-state index contributed by atoms with van der Waals surface area (Å²) in [6.45, 7) is -0.0226. The molecule has 0 aliphatic carbocycles. The van der Waals surface area contributed by atoms with Gasteiger partial charge in [-0.25, -0.2) is 4.98 Å². The van der Waals surface area contributed by atoms with Gasteiger partial charge in [0.25, 0.3) is 0 Å². The third-order valence-corrected chi connectivity index (χ3v) is 4.98. The zero-order valence-corrected chi connectivity index (χ0v) is 11.6. The Balaban J connectivity index is 1.82. The maximum absolute atomic E-state index is 9.26. The van der Waals surface area contributed by atoms with E-state index in [4.69, 9.17) is 5.73 Å². The first-order valence-electron chi connectivity index (χ1n) is 7.30. The van der Waals surface area contributed by atoms with E-state index in [1.54, 1.807) is 6.20 Å². The first kappa shape index (κ1) is 13.1. The minimum Gasteiger partial charge on any atom is -0.394 e. The van der Waals surface area contributed by atoms with Gasteiger partial charge in [-0.15, -0.1) is 0 Å². The second-order valence-corrected chi connectivity index (χ2v) is 6.04. The minimum atomic E-state index is -0.318.